The van der Waals surface area contributed by atoms with Crippen molar-refractivity contribution in [2.24, 2.45) is 11.7 Å². The van der Waals surface area contributed by atoms with Crippen molar-refractivity contribution in [3.63, 3.8) is 0 Å². The molecule has 3 fully saturated rings. The van der Waals surface area contributed by atoms with Crippen LogP contribution in [0.3, 0.4) is 0 Å². The maximum absolute atomic E-state index is 12.9. The zero-order valence-electron chi connectivity index (χ0n) is 14.9. The van der Waals surface area contributed by atoms with E-state index in [1.807, 2.05) is 12.1 Å². The molecule has 2 N–H and O–H groups in total. The summed E-state index contributed by atoms with van der Waals surface area (Å²) in [7, 11) is 0. The molecule has 25 heavy (non-hydrogen) atoms. The Kier molecular flexibility index (Phi) is 4.28. The SMILES string of the molecule is C[C@H]1CN(C2CCC2)CCN1C(=O)C1CC1c1ccc(C(N)=O)cc1. The lowest BCUT2D eigenvalue weighted by molar-refractivity contribution is -0.138. The van der Waals surface area contributed by atoms with E-state index in [0.717, 1.165) is 37.7 Å². The molecule has 1 heterocycles. The second kappa shape index (κ2) is 6.45. The van der Waals surface area contributed by atoms with Crippen molar-refractivity contribution in [2.45, 2.75) is 50.6 Å². The van der Waals surface area contributed by atoms with Crippen molar-refractivity contribution in [3.8, 4) is 0 Å². The van der Waals surface area contributed by atoms with Gasteiger partial charge in [-0.1, -0.05) is 18.6 Å². The Morgan fingerprint density at radius 1 is 1.12 bits per heavy atom. The van der Waals surface area contributed by atoms with Crippen LogP contribution in [0.2, 0.25) is 0 Å². The van der Waals surface area contributed by atoms with Gasteiger partial charge in [-0.25, -0.2) is 0 Å². The summed E-state index contributed by atoms with van der Waals surface area (Å²) in [6.07, 6.45) is 4.93. The maximum atomic E-state index is 12.9. The van der Waals surface area contributed by atoms with Crippen LogP contribution in [0.25, 0.3) is 0 Å². The van der Waals surface area contributed by atoms with Gasteiger partial charge in [0.2, 0.25) is 11.8 Å². The second-order valence-electron chi connectivity index (χ2n) is 7.90. The highest BCUT2D eigenvalue weighted by atomic mass is 16.2. The Labute approximate surface area is 149 Å². The minimum absolute atomic E-state index is 0.108. The van der Waals surface area contributed by atoms with E-state index in [1.165, 1.54) is 19.3 Å². The van der Waals surface area contributed by atoms with Gasteiger partial charge in [-0.2, -0.15) is 0 Å². The lowest BCUT2D eigenvalue weighted by Crippen LogP contribution is -2.58. The molecule has 1 saturated heterocycles. The van der Waals surface area contributed by atoms with E-state index >= 15 is 0 Å². The molecule has 2 amide bonds. The van der Waals surface area contributed by atoms with Gasteiger partial charge in [0.05, 0.1) is 0 Å². The zero-order valence-corrected chi connectivity index (χ0v) is 14.9. The van der Waals surface area contributed by atoms with Crippen molar-refractivity contribution in [1.29, 1.82) is 0 Å². The molecule has 4 rings (SSSR count). The topological polar surface area (TPSA) is 66.6 Å². The number of rotatable bonds is 4. The normalized spacial score (nSPS) is 30.0. The summed E-state index contributed by atoms with van der Waals surface area (Å²) in [6.45, 7) is 5.08. The van der Waals surface area contributed by atoms with Gasteiger partial charge in [-0.3, -0.25) is 14.5 Å². The van der Waals surface area contributed by atoms with Crippen molar-refractivity contribution in [1.82, 2.24) is 9.80 Å². The number of primary amides is 1. The van der Waals surface area contributed by atoms with Gasteiger partial charge in [0.25, 0.3) is 0 Å². The van der Waals surface area contributed by atoms with Gasteiger partial charge in [-0.15, -0.1) is 0 Å². The summed E-state index contributed by atoms with van der Waals surface area (Å²) >= 11 is 0. The van der Waals surface area contributed by atoms with E-state index < -0.39 is 5.91 Å². The largest absolute Gasteiger partial charge is 0.366 e. The quantitative estimate of drug-likeness (QED) is 0.910. The Morgan fingerprint density at radius 2 is 1.84 bits per heavy atom. The van der Waals surface area contributed by atoms with E-state index in [9.17, 15) is 9.59 Å². The summed E-state index contributed by atoms with van der Waals surface area (Å²) in [6, 6.07) is 8.47. The fourth-order valence-corrected chi connectivity index (χ4v) is 4.34. The number of carbonyl (C=O) groups is 2. The molecule has 5 heteroatoms. The zero-order chi connectivity index (χ0) is 17.6. The number of hydrogen-bond acceptors (Lipinski definition) is 3. The van der Waals surface area contributed by atoms with E-state index in [1.54, 1.807) is 12.1 Å². The molecule has 2 aliphatic carbocycles. The third-order valence-electron chi connectivity index (χ3n) is 6.26. The van der Waals surface area contributed by atoms with Crippen LogP contribution in [0, 0.1) is 5.92 Å². The van der Waals surface area contributed by atoms with Crippen LogP contribution in [0.15, 0.2) is 24.3 Å². The highest BCUT2D eigenvalue weighted by molar-refractivity contribution is 5.92. The van der Waals surface area contributed by atoms with Gasteiger partial charge >= 0.3 is 0 Å². The summed E-state index contributed by atoms with van der Waals surface area (Å²) in [4.78, 5) is 28.8. The first-order valence-electron chi connectivity index (χ1n) is 9.49. The maximum Gasteiger partial charge on any atom is 0.248 e. The van der Waals surface area contributed by atoms with E-state index in [2.05, 4.69) is 16.7 Å². The molecule has 3 atom stereocenters. The summed E-state index contributed by atoms with van der Waals surface area (Å²) in [5.41, 5.74) is 6.95. The van der Waals surface area contributed by atoms with Gasteiger partial charge in [0, 0.05) is 43.2 Å². The molecule has 2 unspecified atom stereocenters. The van der Waals surface area contributed by atoms with Crippen LogP contribution in [-0.2, 0) is 4.79 Å². The Hall–Kier alpha value is -1.88. The third-order valence-corrected chi connectivity index (χ3v) is 6.26. The number of hydrogen-bond donors (Lipinski definition) is 1. The minimum atomic E-state index is -0.409. The van der Waals surface area contributed by atoms with Crippen LogP contribution in [-0.4, -0.2) is 53.3 Å². The highest BCUT2D eigenvalue weighted by Gasteiger charge is 2.47. The molecule has 0 aromatic heterocycles. The van der Waals surface area contributed by atoms with Gasteiger partial charge in [0.15, 0.2) is 0 Å². The molecular formula is C20H27N3O2. The number of benzene rings is 1. The van der Waals surface area contributed by atoms with Gasteiger partial charge < -0.3 is 10.6 Å². The van der Waals surface area contributed by atoms with Crippen molar-refractivity contribution >= 4 is 11.8 Å². The van der Waals surface area contributed by atoms with E-state index in [0.29, 0.717) is 23.4 Å². The number of amides is 2. The first-order valence-corrected chi connectivity index (χ1v) is 9.49. The Balaban J connectivity index is 1.35. The molecule has 1 aromatic rings. The molecule has 1 aromatic carbocycles. The summed E-state index contributed by atoms with van der Waals surface area (Å²) in [5, 5.41) is 0. The average molecular weight is 341 g/mol. The fraction of sp³-hybridized carbons (Fsp3) is 0.600. The lowest BCUT2D eigenvalue weighted by atomic mass is 9.90. The molecule has 2 saturated carbocycles. The van der Waals surface area contributed by atoms with Crippen molar-refractivity contribution in [2.75, 3.05) is 19.6 Å². The van der Waals surface area contributed by atoms with Crippen LogP contribution in [0.4, 0.5) is 0 Å². The van der Waals surface area contributed by atoms with Gasteiger partial charge in [-0.05, 0) is 49.8 Å². The lowest BCUT2D eigenvalue weighted by Gasteiger charge is -2.46. The fourth-order valence-electron chi connectivity index (χ4n) is 4.34. The minimum Gasteiger partial charge on any atom is -0.366 e. The third kappa shape index (κ3) is 3.17. The first-order chi connectivity index (χ1) is 12.0. The second-order valence-corrected chi connectivity index (χ2v) is 7.90. The predicted molar refractivity (Wildman–Crippen MR) is 96.2 cm³/mol. The standard InChI is InChI=1S/C20H27N3O2/c1-13-12-22(16-3-2-4-16)9-10-23(13)20(25)18-11-17(18)14-5-7-15(8-6-14)19(21)24/h5-8,13,16-18H,2-4,9-12H2,1H3,(H2,21,24)/t13-,17?,18?/m0/s1. The number of nitrogens with zero attached hydrogens (tertiary/aromatic N) is 2. The Bertz CT molecular complexity index is 668. The van der Waals surface area contributed by atoms with Crippen molar-refractivity contribution < 1.29 is 9.59 Å². The van der Waals surface area contributed by atoms with Crippen molar-refractivity contribution in [3.05, 3.63) is 35.4 Å². The predicted octanol–water partition coefficient (Wildman–Crippen LogP) is 1.97. The smallest absolute Gasteiger partial charge is 0.248 e. The molecular weight excluding hydrogens is 314 g/mol. The summed E-state index contributed by atoms with van der Waals surface area (Å²) < 4.78 is 0. The molecule has 5 nitrogen and oxygen atoms in total. The Morgan fingerprint density at radius 3 is 2.40 bits per heavy atom. The molecule has 0 radical (unpaired) electrons. The average Bonchev–Trinajstić information content (AvgIpc) is 3.33. The number of carbonyl (C=O) groups excluding carboxylic acids is 2. The highest BCUT2D eigenvalue weighted by Crippen LogP contribution is 2.48. The van der Waals surface area contributed by atoms with Crippen LogP contribution in [0.1, 0.15) is 54.4 Å². The molecule has 3 aliphatic rings. The summed E-state index contributed by atoms with van der Waals surface area (Å²) in [5.74, 6) is 0.307. The van der Waals surface area contributed by atoms with Crippen LogP contribution in [0.5, 0.6) is 0 Å². The first kappa shape index (κ1) is 16.6. The van der Waals surface area contributed by atoms with E-state index in [-0.39, 0.29) is 5.92 Å². The van der Waals surface area contributed by atoms with Crippen LogP contribution < -0.4 is 5.73 Å². The molecule has 0 bridgehead atoms. The number of nitrogens with two attached hydrogens (primary N) is 1. The van der Waals surface area contributed by atoms with E-state index in [4.69, 9.17) is 5.73 Å². The monoisotopic (exact) mass is 341 g/mol. The molecule has 1 aliphatic heterocycles. The molecule has 134 valence electrons. The van der Waals surface area contributed by atoms with Crippen LogP contribution >= 0.6 is 0 Å². The number of piperazine rings is 1. The van der Waals surface area contributed by atoms with Gasteiger partial charge in [0.1, 0.15) is 0 Å². The molecule has 0 spiro atoms.